The van der Waals surface area contributed by atoms with Gasteiger partial charge in [-0.15, -0.1) is 0 Å². The Morgan fingerprint density at radius 3 is 2.88 bits per heavy atom. The lowest BCUT2D eigenvalue weighted by molar-refractivity contribution is -0.120. The normalized spacial score (nSPS) is 16.1. The van der Waals surface area contributed by atoms with Crippen molar-refractivity contribution in [2.24, 2.45) is 5.92 Å². The van der Waals surface area contributed by atoms with Gasteiger partial charge < -0.3 is 19.5 Å². The van der Waals surface area contributed by atoms with Crippen molar-refractivity contribution < 1.29 is 18.4 Å². The summed E-state index contributed by atoms with van der Waals surface area (Å²) in [6.07, 6.45) is 3.03. The van der Waals surface area contributed by atoms with Gasteiger partial charge in [0, 0.05) is 30.4 Å². The van der Waals surface area contributed by atoms with E-state index < -0.39 is 0 Å². The number of nitrogens with zero attached hydrogens (tertiary/aromatic N) is 4. The third-order valence-electron chi connectivity index (χ3n) is 5.80. The summed E-state index contributed by atoms with van der Waals surface area (Å²) in [5.41, 5.74) is 2.29. The number of methoxy groups -OCH3 is 1. The van der Waals surface area contributed by atoms with Gasteiger partial charge >= 0.3 is 0 Å². The van der Waals surface area contributed by atoms with E-state index in [-0.39, 0.29) is 17.6 Å². The largest absolute Gasteiger partial charge is 0.497 e. The first-order valence-electron chi connectivity index (χ1n) is 10.7. The third kappa shape index (κ3) is 4.21. The molecule has 2 aromatic heterocycles. The second-order valence-electron chi connectivity index (χ2n) is 7.92. The Morgan fingerprint density at radius 2 is 2.06 bits per heavy atom. The predicted octanol–water partition coefficient (Wildman–Crippen LogP) is 4.29. The van der Waals surface area contributed by atoms with Crippen molar-refractivity contribution in [3.8, 4) is 17.0 Å². The number of amides is 1. The van der Waals surface area contributed by atoms with Crippen molar-refractivity contribution >= 4 is 28.5 Å². The number of ether oxygens (including phenoxy) is 1. The smallest absolute Gasteiger partial charge is 0.263 e. The molecule has 1 amide bonds. The van der Waals surface area contributed by atoms with E-state index in [1.165, 1.54) is 18.5 Å². The number of nitrogens with one attached hydrogen (secondary N) is 1. The summed E-state index contributed by atoms with van der Waals surface area (Å²) in [6, 6.07) is 13.3. The minimum atomic E-state index is -0.330. The molecule has 2 aromatic carbocycles. The first-order chi connectivity index (χ1) is 16.1. The number of anilines is 2. The molecule has 1 saturated heterocycles. The number of rotatable bonds is 5. The summed E-state index contributed by atoms with van der Waals surface area (Å²) in [5, 5.41) is 7.80. The molecule has 1 unspecified atom stereocenters. The molecule has 1 atom stereocenters. The predicted molar refractivity (Wildman–Crippen MR) is 122 cm³/mol. The fourth-order valence-corrected chi connectivity index (χ4v) is 4.14. The van der Waals surface area contributed by atoms with Crippen LogP contribution in [0.5, 0.6) is 5.75 Å². The molecule has 5 rings (SSSR count). The van der Waals surface area contributed by atoms with Gasteiger partial charge in [-0.05, 0) is 49.2 Å². The average Bonchev–Trinajstić information content (AvgIpc) is 3.29. The van der Waals surface area contributed by atoms with Gasteiger partial charge in [0.05, 0.1) is 13.0 Å². The highest BCUT2D eigenvalue weighted by molar-refractivity contribution is 5.98. The first kappa shape index (κ1) is 20.9. The summed E-state index contributed by atoms with van der Waals surface area (Å²) < 4.78 is 24.1. The van der Waals surface area contributed by atoms with E-state index in [0.717, 1.165) is 19.4 Å². The average molecular weight is 447 g/mol. The van der Waals surface area contributed by atoms with Crippen LogP contribution in [0.15, 0.2) is 59.4 Å². The second-order valence-corrected chi connectivity index (χ2v) is 7.92. The Bertz CT molecular complexity index is 1290. The van der Waals surface area contributed by atoms with Crippen molar-refractivity contribution in [3.05, 3.63) is 60.7 Å². The highest BCUT2D eigenvalue weighted by Crippen LogP contribution is 2.35. The van der Waals surface area contributed by atoms with E-state index in [4.69, 9.17) is 9.26 Å². The molecular formula is C24H22FN5O3. The van der Waals surface area contributed by atoms with Gasteiger partial charge in [0.1, 0.15) is 34.8 Å². The summed E-state index contributed by atoms with van der Waals surface area (Å²) in [4.78, 5) is 23.8. The summed E-state index contributed by atoms with van der Waals surface area (Å²) in [7, 11) is 1.59. The van der Waals surface area contributed by atoms with E-state index >= 15 is 0 Å². The second kappa shape index (κ2) is 8.85. The lowest BCUT2D eigenvalue weighted by Gasteiger charge is -2.33. The number of benzene rings is 2. The Kier molecular flexibility index (Phi) is 5.60. The van der Waals surface area contributed by atoms with E-state index in [9.17, 15) is 9.18 Å². The van der Waals surface area contributed by atoms with E-state index in [1.54, 1.807) is 25.3 Å². The molecule has 1 aliphatic heterocycles. The number of carbonyl (C=O) groups excluding carboxylic acids is 1. The molecule has 4 aromatic rings. The molecule has 0 bridgehead atoms. The van der Waals surface area contributed by atoms with Crippen LogP contribution in [0.2, 0.25) is 0 Å². The first-order valence-corrected chi connectivity index (χ1v) is 10.7. The maximum atomic E-state index is 13.4. The fraction of sp³-hybridized carbons (Fsp3) is 0.250. The standard InChI is InChI=1S/C24H22FN5O3/c1-32-19-6-2-5-18(12-19)28-23(31)16-4-3-11-30(13-16)22-20-21(15-7-9-17(25)10-8-15)29-33-24(20)27-14-26-22/h2,5-10,12,14,16H,3-4,11,13H2,1H3,(H,28,31). The molecule has 168 valence electrons. The SMILES string of the molecule is COc1cccc(NC(=O)C2CCCN(c3ncnc4onc(-c5ccc(F)cc5)c34)C2)c1. The van der Waals surface area contributed by atoms with Crippen molar-refractivity contribution in [1.29, 1.82) is 0 Å². The molecule has 0 radical (unpaired) electrons. The summed E-state index contributed by atoms with van der Waals surface area (Å²) in [6.45, 7) is 1.24. The van der Waals surface area contributed by atoms with Gasteiger partial charge in [-0.2, -0.15) is 4.98 Å². The molecule has 33 heavy (non-hydrogen) atoms. The molecule has 3 heterocycles. The number of hydrogen-bond donors (Lipinski definition) is 1. The highest BCUT2D eigenvalue weighted by Gasteiger charge is 2.29. The molecule has 9 heteroatoms. The van der Waals surface area contributed by atoms with Gasteiger partial charge in [-0.3, -0.25) is 4.79 Å². The number of hydrogen-bond acceptors (Lipinski definition) is 7. The van der Waals surface area contributed by atoms with Crippen LogP contribution in [-0.2, 0) is 4.79 Å². The van der Waals surface area contributed by atoms with Crippen molar-refractivity contribution in [2.75, 3.05) is 30.4 Å². The van der Waals surface area contributed by atoms with Crippen LogP contribution >= 0.6 is 0 Å². The summed E-state index contributed by atoms with van der Waals surface area (Å²) >= 11 is 0. The van der Waals surface area contributed by atoms with Gasteiger partial charge in [-0.25, -0.2) is 9.37 Å². The molecule has 8 nitrogen and oxygen atoms in total. The zero-order valence-electron chi connectivity index (χ0n) is 18.0. The number of fused-ring (bicyclic) bond motifs is 1. The van der Waals surface area contributed by atoms with Crippen molar-refractivity contribution in [1.82, 2.24) is 15.1 Å². The van der Waals surface area contributed by atoms with Gasteiger partial charge in [0.2, 0.25) is 5.91 Å². The molecule has 0 saturated carbocycles. The van der Waals surface area contributed by atoms with Crippen LogP contribution in [0.1, 0.15) is 12.8 Å². The molecule has 1 aliphatic rings. The maximum Gasteiger partial charge on any atom is 0.263 e. The zero-order valence-corrected chi connectivity index (χ0v) is 18.0. The Labute approximate surface area is 189 Å². The quantitative estimate of drug-likeness (QED) is 0.488. The zero-order chi connectivity index (χ0) is 22.8. The number of aromatic nitrogens is 3. The van der Waals surface area contributed by atoms with Crippen molar-refractivity contribution in [2.45, 2.75) is 12.8 Å². The molecular weight excluding hydrogens is 425 g/mol. The minimum Gasteiger partial charge on any atom is -0.497 e. The minimum absolute atomic E-state index is 0.0534. The number of halogens is 1. The van der Waals surface area contributed by atoms with E-state index in [0.29, 0.717) is 46.2 Å². The maximum absolute atomic E-state index is 13.4. The Morgan fingerprint density at radius 1 is 1.21 bits per heavy atom. The van der Waals surface area contributed by atoms with Crippen LogP contribution in [-0.4, -0.2) is 41.2 Å². The van der Waals surface area contributed by atoms with E-state index in [1.807, 2.05) is 18.2 Å². The fourth-order valence-electron chi connectivity index (χ4n) is 4.14. The topological polar surface area (TPSA) is 93.4 Å². The lowest BCUT2D eigenvalue weighted by Crippen LogP contribution is -2.41. The van der Waals surface area contributed by atoms with Crippen LogP contribution in [0.25, 0.3) is 22.4 Å². The molecule has 1 fully saturated rings. The summed E-state index contributed by atoms with van der Waals surface area (Å²) in [5.74, 6) is 0.733. The third-order valence-corrected chi connectivity index (χ3v) is 5.80. The monoisotopic (exact) mass is 447 g/mol. The van der Waals surface area contributed by atoms with Gasteiger partial charge in [0.25, 0.3) is 5.71 Å². The van der Waals surface area contributed by atoms with E-state index in [2.05, 4.69) is 25.3 Å². The Hall–Kier alpha value is -4.01. The van der Waals surface area contributed by atoms with Gasteiger partial charge in [0.15, 0.2) is 0 Å². The Balaban J connectivity index is 1.41. The lowest BCUT2D eigenvalue weighted by atomic mass is 9.96. The van der Waals surface area contributed by atoms with Crippen LogP contribution < -0.4 is 15.0 Å². The molecule has 0 aliphatic carbocycles. The molecule has 1 N–H and O–H groups in total. The van der Waals surface area contributed by atoms with Gasteiger partial charge in [-0.1, -0.05) is 11.2 Å². The van der Waals surface area contributed by atoms with Crippen LogP contribution in [0.4, 0.5) is 15.9 Å². The van der Waals surface area contributed by atoms with Crippen LogP contribution in [0, 0.1) is 11.7 Å². The van der Waals surface area contributed by atoms with Crippen LogP contribution in [0.3, 0.4) is 0 Å². The highest BCUT2D eigenvalue weighted by atomic mass is 19.1. The molecule has 0 spiro atoms. The van der Waals surface area contributed by atoms with Crippen molar-refractivity contribution in [3.63, 3.8) is 0 Å². The number of piperidine rings is 1. The number of carbonyl (C=O) groups is 1.